The average molecular weight is 415 g/mol. The van der Waals surface area contributed by atoms with Gasteiger partial charge in [0.1, 0.15) is 5.69 Å². The molecule has 0 unspecified atom stereocenters. The highest BCUT2D eigenvalue weighted by atomic mass is 35.5. The fourth-order valence-corrected chi connectivity index (χ4v) is 4.98. The van der Waals surface area contributed by atoms with E-state index in [-0.39, 0.29) is 29.0 Å². The molecule has 3 rings (SSSR count). The van der Waals surface area contributed by atoms with Crippen molar-refractivity contribution in [3.05, 3.63) is 5.15 Å². The van der Waals surface area contributed by atoms with E-state index in [1.807, 2.05) is 0 Å². The van der Waals surface area contributed by atoms with Crippen LogP contribution in [0.4, 0.5) is 11.5 Å². The Labute approximate surface area is 169 Å². The number of halogens is 1. The lowest BCUT2D eigenvalue weighted by molar-refractivity contribution is -0.105. The van der Waals surface area contributed by atoms with Crippen molar-refractivity contribution in [2.24, 2.45) is 5.92 Å². The number of nitrogens with zero attached hydrogens (tertiary/aromatic N) is 2. The molecule has 7 nitrogen and oxygen atoms in total. The summed E-state index contributed by atoms with van der Waals surface area (Å²) in [5.41, 5.74) is 0.227. The SMILES string of the molecule is CCCSc1nc(Cl)c(NC=O)c(N[C@@H]2C[C@H](OC)[C@H]3OC(C)(C)C[C@H]32)n1. The van der Waals surface area contributed by atoms with E-state index in [4.69, 9.17) is 21.1 Å². The highest BCUT2D eigenvalue weighted by molar-refractivity contribution is 7.99. The van der Waals surface area contributed by atoms with Gasteiger partial charge >= 0.3 is 0 Å². The number of aromatic nitrogens is 2. The Balaban J connectivity index is 1.86. The highest BCUT2D eigenvalue weighted by Crippen LogP contribution is 2.46. The molecule has 2 N–H and O–H groups in total. The van der Waals surface area contributed by atoms with Gasteiger partial charge in [0.15, 0.2) is 16.1 Å². The van der Waals surface area contributed by atoms with Gasteiger partial charge in [-0.1, -0.05) is 30.3 Å². The van der Waals surface area contributed by atoms with Gasteiger partial charge in [0.25, 0.3) is 0 Å². The standard InChI is InChI=1S/C18H27ClN4O3S/c1-5-6-27-17-22-15(19)13(20-9-24)16(23-17)21-11-7-12(25-4)14-10(11)8-18(2,3)26-14/h9-12,14H,5-8H2,1-4H3,(H,20,24)(H,21,22,23)/t10-,11+,12-,14-/m0/s1. The van der Waals surface area contributed by atoms with Crippen LogP contribution in [0.2, 0.25) is 5.15 Å². The molecule has 9 heteroatoms. The molecule has 1 aromatic rings. The third kappa shape index (κ3) is 4.50. The molecule has 2 heterocycles. The predicted octanol–water partition coefficient (Wildman–Crippen LogP) is 3.58. The van der Waals surface area contributed by atoms with E-state index in [1.54, 1.807) is 18.9 Å². The van der Waals surface area contributed by atoms with Gasteiger partial charge in [-0.15, -0.1) is 0 Å². The molecule has 0 aromatic carbocycles. The Bertz CT molecular complexity index is 691. The van der Waals surface area contributed by atoms with Crippen LogP contribution in [0.15, 0.2) is 5.16 Å². The molecule has 2 aliphatic rings. The van der Waals surface area contributed by atoms with E-state index in [0.29, 0.717) is 29.0 Å². The van der Waals surface area contributed by atoms with Gasteiger partial charge < -0.3 is 20.1 Å². The molecule has 1 aliphatic heterocycles. The third-order valence-electron chi connectivity index (χ3n) is 5.08. The average Bonchev–Trinajstić information content (AvgIpc) is 3.09. The smallest absolute Gasteiger partial charge is 0.211 e. The first-order valence-corrected chi connectivity index (χ1v) is 10.6. The first-order valence-electron chi connectivity index (χ1n) is 9.26. The molecule has 4 atom stereocenters. The van der Waals surface area contributed by atoms with E-state index in [2.05, 4.69) is 41.4 Å². The molecule has 0 radical (unpaired) electrons. The fraction of sp³-hybridized carbons (Fsp3) is 0.722. The molecule has 1 aromatic heterocycles. The largest absolute Gasteiger partial charge is 0.379 e. The summed E-state index contributed by atoms with van der Waals surface area (Å²) < 4.78 is 11.9. The Morgan fingerprint density at radius 2 is 2.22 bits per heavy atom. The number of thioether (sulfide) groups is 1. The van der Waals surface area contributed by atoms with Crippen molar-refractivity contribution >= 4 is 41.3 Å². The van der Waals surface area contributed by atoms with Crippen molar-refractivity contribution in [2.75, 3.05) is 23.5 Å². The first-order chi connectivity index (χ1) is 12.9. The number of ether oxygens (including phenoxy) is 2. The molecular formula is C18H27ClN4O3S. The van der Waals surface area contributed by atoms with Gasteiger partial charge in [-0.3, -0.25) is 4.79 Å². The Morgan fingerprint density at radius 3 is 2.89 bits per heavy atom. The molecule has 1 saturated heterocycles. The summed E-state index contributed by atoms with van der Waals surface area (Å²) in [7, 11) is 1.72. The first kappa shape index (κ1) is 20.6. The summed E-state index contributed by atoms with van der Waals surface area (Å²) in [5.74, 6) is 1.75. The number of hydrogen-bond acceptors (Lipinski definition) is 7. The second-order valence-electron chi connectivity index (χ2n) is 7.60. The van der Waals surface area contributed by atoms with Gasteiger partial charge in [0, 0.05) is 24.8 Å². The maximum Gasteiger partial charge on any atom is 0.211 e. The zero-order valence-corrected chi connectivity index (χ0v) is 17.7. The highest BCUT2D eigenvalue weighted by Gasteiger charge is 2.53. The summed E-state index contributed by atoms with van der Waals surface area (Å²) in [4.78, 5) is 19.9. The van der Waals surface area contributed by atoms with Crippen LogP contribution in [0, 0.1) is 5.92 Å². The number of hydrogen-bond donors (Lipinski definition) is 2. The van der Waals surface area contributed by atoms with Gasteiger partial charge in [-0.05, 0) is 33.1 Å². The minimum atomic E-state index is -0.179. The molecule has 1 saturated carbocycles. The topological polar surface area (TPSA) is 85.4 Å². The van der Waals surface area contributed by atoms with Crippen molar-refractivity contribution < 1.29 is 14.3 Å². The van der Waals surface area contributed by atoms with Crippen LogP contribution in [0.1, 0.15) is 40.0 Å². The lowest BCUT2D eigenvalue weighted by Gasteiger charge is -2.24. The van der Waals surface area contributed by atoms with Crippen LogP contribution in [-0.4, -0.2) is 53.1 Å². The molecule has 1 aliphatic carbocycles. The number of carbonyl (C=O) groups is 1. The number of fused-ring (bicyclic) bond motifs is 1. The molecule has 150 valence electrons. The van der Waals surface area contributed by atoms with E-state index >= 15 is 0 Å². The maximum absolute atomic E-state index is 11.0. The number of carbonyl (C=O) groups excluding carboxylic acids is 1. The van der Waals surface area contributed by atoms with E-state index in [0.717, 1.165) is 25.0 Å². The Morgan fingerprint density at radius 1 is 1.44 bits per heavy atom. The van der Waals surface area contributed by atoms with Gasteiger partial charge in [0.2, 0.25) is 6.41 Å². The number of methoxy groups -OCH3 is 1. The van der Waals surface area contributed by atoms with E-state index in [1.165, 1.54) is 0 Å². The van der Waals surface area contributed by atoms with Crippen LogP contribution in [0.25, 0.3) is 0 Å². The summed E-state index contributed by atoms with van der Waals surface area (Å²) in [5, 5.41) is 6.96. The fourth-order valence-electron chi connectivity index (χ4n) is 4.00. The molecule has 0 spiro atoms. The van der Waals surface area contributed by atoms with E-state index < -0.39 is 0 Å². The van der Waals surface area contributed by atoms with Crippen LogP contribution >= 0.6 is 23.4 Å². The van der Waals surface area contributed by atoms with Crippen molar-refractivity contribution in [3.8, 4) is 0 Å². The number of anilines is 2. The third-order valence-corrected chi connectivity index (χ3v) is 6.41. The van der Waals surface area contributed by atoms with Crippen LogP contribution in [-0.2, 0) is 14.3 Å². The molecule has 27 heavy (non-hydrogen) atoms. The molecule has 2 fully saturated rings. The number of nitrogens with one attached hydrogen (secondary N) is 2. The van der Waals surface area contributed by atoms with Gasteiger partial charge in [-0.2, -0.15) is 0 Å². The van der Waals surface area contributed by atoms with Crippen LogP contribution < -0.4 is 10.6 Å². The lowest BCUT2D eigenvalue weighted by Crippen LogP contribution is -2.29. The second kappa shape index (κ2) is 8.51. The lowest BCUT2D eigenvalue weighted by atomic mass is 9.92. The predicted molar refractivity (Wildman–Crippen MR) is 108 cm³/mol. The summed E-state index contributed by atoms with van der Waals surface area (Å²) in [6.07, 6.45) is 3.42. The zero-order chi connectivity index (χ0) is 19.6. The quantitative estimate of drug-likeness (QED) is 0.291. The minimum absolute atomic E-state index is 0.0306. The number of amides is 1. The van der Waals surface area contributed by atoms with Crippen molar-refractivity contribution in [2.45, 2.75) is 69.0 Å². The Kier molecular flexibility index (Phi) is 6.50. The molecular weight excluding hydrogens is 388 g/mol. The Hall–Kier alpha value is -1.09. The van der Waals surface area contributed by atoms with Crippen LogP contribution in [0.3, 0.4) is 0 Å². The summed E-state index contributed by atoms with van der Waals surface area (Å²) in [6, 6.07) is 0.115. The van der Waals surface area contributed by atoms with Crippen LogP contribution in [0.5, 0.6) is 0 Å². The molecule has 1 amide bonds. The minimum Gasteiger partial charge on any atom is -0.379 e. The second-order valence-corrected chi connectivity index (χ2v) is 9.02. The zero-order valence-electron chi connectivity index (χ0n) is 16.1. The summed E-state index contributed by atoms with van der Waals surface area (Å²) >= 11 is 7.86. The van der Waals surface area contributed by atoms with Gasteiger partial charge in [-0.25, -0.2) is 9.97 Å². The van der Waals surface area contributed by atoms with Crippen molar-refractivity contribution in [1.82, 2.24) is 9.97 Å². The van der Waals surface area contributed by atoms with E-state index in [9.17, 15) is 4.79 Å². The van der Waals surface area contributed by atoms with Crippen molar-refractivity contribution in [3.63, 3.8) is 0 Å². The monoisotopic (exact) mass is 414 g/mol. The maximum atomic E-state index is 11.0. The van der Waals surface area contributed by atoms with Gasteiger partial charge in [0.05, 0.1) is 17.8 Å². The van der Waals surface area contributed by atoms with Crippen molar-refractivity contribution in [1.29, 1.82) is 0 Å². The summed E-state index contributed by atoms with van der Waals surface area (Å²) in [6.45, 7) is 6.31. The normalized spacial score (nSPS) is 28.8. The number of rotatable bonds is 8. The molecule has 0 bridgehead atoms.